The minimum absolute atomic E-state index is 0.00317. The first kappa shape index (κ1) is 25.1. The van der Waals surface area contributed by atoms with Crippen LogP contribution < -0.4 is 10.1 Å². The largest absolute Gasteiger partial charge is 0.488 e. The molecular formula is C33H38N2O2. The summed E-state index contributed by atoms with van der Waals surface area (Å²) < 4.78 is 8.41. The van der Waals surface area contributed by atoms with Crippen LogP contribution in [0.25, 0.3) is 10.9 Å². The van der Waals surface area contributed by atoms with Gasteiger partial charge in [-0.15, -0.1) is 0 Å². The zero-order valence-electron chi connectivity index (χ0n) is 22.3. The smallest absolute Gasteiger partial charge is 0.268 e. The fourth-order valence-corrected chi connectivity index (χ4v) is 5.28. The van der Waals surface area contributed by atoms with Gasteiger partial charge in [-0.05, 0) is 53.1 Å². The lowest BCUT2D eigenvalue weighted by Gasteiger charge is -2.23. The summed E-state index contributed by atoms with van der Waals surface area (Å²) in [5.74, 6) is 0.804. The van der Waals surface area contributed by atoms with Gasteiger partial charge in [0.1, 0.15) is 18.1 Å². The maximum atomic E-state index is 13.6. The lowest BCUT2D eigenvalue weighted by atomic mass is 9.87. The molecule has 0 aliphatic heterocycles. The van der Waals surface area contributed by atoms with Gasteiger partial charge in [-0.2, -0.15) is 0 Å². The van der Waals surface area contributed by atoms with Gasteiger partial charge in [0, 0.05) is 18.0 Å². The van der Waals surface area contributed by atoms with E-state index in [1.165, 1.54) is 30.4 Å². The molecule has 5 rings (SSSR count). The van der Waals surface area contributed by atoms with Gasteiger partial charge in [0.25, 0.3) is 5.91 Å². The van der Waals surface area contributed by atoms with Crippen molar-refractivity contribution in [3.05, 3.63) is 101 Å². The number of rotatable bonds is 7. The molecule has 0 atom stereocenters. The second kappa shape index (κ2) is 10.8. The minimum Gasteiger partial charge on any atom is -0.488 e. The van der Waals surface area contributed by atoms with Crippen molar-refractivity contribution in [2.45, 2.75) is 77.5 Å². The van der Waals surface area contributed by atoms with Crippen LogP contribution in [0.4, 0.5) is 0 Å². The van der Waals surface area contributed by atoms with E-state index >= 15 is 0 Å². The van der Waals surface area contributed by atoms with Crippen LogP contribution in [-0.4, -0.2) is 16.5 Å². The summed E-state index contributed by atoms with van der Waals surface area (Å²) in [6.07, 6.45) is 5.76. The summed E-state index contributed by atoms with van der Waals surface area (Å²) in [5.41, 5.74) is 5.41. The first-order valence-corrected chi connectivity index (χ1v) is 13.6. The number of hydrogen-bond donors (Lipinski definition) is 1. The third kappa shape index (κ3) is 5.90. The Labute approximate surface area is 220 Å². The normalized spacial score (nSPS) is 14.6. The van der Waals surface area contributed by atoms with Crippen LogP contribution >= 0.6 is 0 Å². The first-order chi connectivity index (χ1) is 17.9. The molecule has 3 aromatic carbocycles. The molecule has 4 aromatic rings. The highest BCUT2D eigenvalue weighted by Gasteiger charge is 2.22. The highest BCUT2D eigenvalue weighted by Crippen LogP contribution is 2.31. The van der Waals surface area contributed by atoms with Crippen molar-refractivity contribution in [1.82, 2.24) is 9.88 Å². The molecule has 4 nitrogen and oxygen atoms in total. The molecule has 0 saturated heterocycles. The second-order valence-electron chi connectivity index (χ2n) is 11.3. The van der Waals surface area contributed by atoms with E-state index in [4.69, 9.17) is 4.74 Å². The van der Waals surface area contributed by atoms with Crippen LogP contribution in [0, 0.1) is 0 Å². The van der Waals surface area contributed by atoms with Gasteiger partial charge < -0.3 is 14.6 Å². The summed E-state index contributed by atoms with van der Waals surface area (Å²) in [5, 5.41) is 4.30. The molecule has 1 aliphatic carbocycles. The standard InChI is InChI=1S/C33H38N2O2/c1-33(2,3)26-19-17-24(18-20-26)22-35-29-15-10-16-31(37-23-25-11-6-4-7-12-25)28(29)21-30(35)32(36)34-27-13-8-5-9-14-27/h4,6-7,10-12,15-21,27H,5,8-9,13-14,22-23H2,1-3H3,(H,34,36). The molecular weight excluding hydrogens is 456 g/mol. The zero-order chi connectivity index (χ0) is 25.8. The van der Waals surface area contributed by atoms with Gasteiger partial charge in [-0.25, -0.2) is 0 Å². The number of nitrogens with zero attached hydrogens (tertiary/aromatic N) is 1. The molecule has 37 heavy (non-hydrogen) atoms. The minimum atomic E-state index is 0.00317. The van der Waals surface area contributed by atoms with Crippen molar-refractivity contribution in [2.75, 3.05) is 0 Å². The Morgan fingerprint density at radius 2 is 1.62 bits per heavy atom. The Bertz CT molecular complexity index is 1340. The summed E-state index contributed by atoms with van der Waals surface area (Å²) in [6.45, 7) is 7.80. The van der Waals surface area contributed by atoms with E-state index in [0.717, 1.165) is 35.1 Å². The van der Waals surface area contributed by atoms with Crippen molar-refractivity contribution in [2.24, 2.45) is 0 Å². The summed E-state index contributed by atoms with van der Waals surface area (Å²) in [4.78, 5) is 13.6. The van der Waals surface area contributed by atoms with Gasteiger partial charge in [-0.1, -0.05) is 101 Å². The van der Waals surface area contributed by atoms with Gasteiger partial charge >= 0.3 is 0 Å². The van der Waals surface area contributed by atoms with Crippen LogP contribution in [0.15, 0.2) is 78.9 Å². The zero-order valence-corrected chi connectivity index (χ0v) is 22.3. The highest BCUT2D eigenvalue weighted by molar-refractivity contribution is 6.00. The van der Waals surface area contributed by atoms with Crippen LogP contribution in [0.1, 0.15) is 80.1 Å². The second-order valence-corrected chi connectivity index (χ2v) is 11.3. The van der Waals surface area contributed by atoms with Crippen LogP contribution in [0.2, 0.25) is 0 Å². The third-order valence-electron chi connectivity index (χ3n) is 7.48. The van der Waals surface area contributed by atoms with Crippen molar-refractivity contribution in [3.63, 3.8) is 0 Å². The van der Waals surface area contributed by atoms with Gasteiger partial charge in [0.15, 0.2) is 0 Å². The molecule has 1 aromatic heterocycles. The molecule has 1 amide bonds. The summed E-state index contributed by atoms with van der Waals surface area (Å²) in [7, 11) is 0. The molecule has 0 radical (unpaired) electrons. The molecule has 1 fully saturated rings. The van der Waals surface area contributed by atoms with Crippen molar-refractivity contribution < 1.29 is 9.53 Å². The van der Waals surface area contributed by atoms with Crippen LogP contribution in [0.3, 0.4) is 0 Å². The number of carbonyl (C=O) groups is 1. The number of fused-ring (bicyclic) bond motifs is 1. The fraction of sp³-hybridized carbons (Fsp3) is 0.364. The molecule has 1 heterocycles. The van der Waals surface area contributed by atoms with E-state index in [9.17, 15) is 4.79 Å². The van der Waals surface area contributed by atoms with Crippen LogP contribution in [0.5, 0.6) is 5.75 Å². The summed E-state index contributed by atoms with van der Waals surface area (Å²) >= 11 is 0. The van der Waals surface area contributed by atoms with E-state index in [0.29, 0.717) is 18.8 Å². The van der Waals surface area contributed by atoms with Crippen LogP contribution in [-0.2, 0) is 18.6 Å². The number of aromatic nitrogens is 1. The SMILES string of the molecule is CC(C)(C)c1ccc(Cn2c(C(=O)NC3CCCCC3)cc3c(OCc4ccccc4)cccc32)cc1. The number of amides is 1. The molecule has 0 spiro atoms. The molecule has 1 N–H and O–H groups in total. The molecule has 4 heteroatoms. The van der Waals surface area contributed by atoms with E-state index in [1.807, 2.05) is 36.4 Å². The molecule has 192 valence electrons. The topological polar surface area (TPSA) is 43.3 Å². The van der Waals surface area contributed by atoms with Gasteiger partial charge in [-0.3, -0.25) is 4.79 Å². The molecule has 0 unspecified atom stereocenters. The van der Waals surface area contributed by atoms with Crippen molar-refractivity contribution in [3.8, 4) is 5.75 Å². The van der Waals surface area contributed by atoms with Crippen molar-refractivity contribution in [1.29, 1.82) is 0 Å². The number of hydrogen-bond acceptors (Lipinski definition) is 2. The summed E-state index contributed by atoms with van der Waals surface area (Å²) in [6, 6.07) is 27.3. The first-order valence-electron chi connectivity index (χ1n) is 13.6. The van der Waals surface area contributed by atoms with Gasteiger partial charge in [0.05, 0.1) is 5.52 Å². The Balaban J connectivity index is 1.49. The van der Waals surface area contributed by atoms with E-state index in [2.05, 4.69) is 73.1 Å². The predicted octanol–water partition coefficient (Wildman–Crippen LogP) is 7.63. The lowest BCUT2D eigenvalue weighted by molar-refractivity contribution is 0.0919. The average Bonchev–Trinajstić information content (AvgIpc) is 3.27. The molecule has 1 saturated carbocycles. The van der Waals surface area contributed by atoms with E-state index in [1.54, 1.807) is 0 Å². The maximum Gasteiger partial charge on any atom is 0.268 e. The van der Waals surface area contributed by atoms with Gasteiger partial charge in [0.2, 0.25) is 0 Å². The Morgan fingerprint density at radius 3 is 2.32 bits per heavy atom. The Kier molecular flexibility index (Phi) is 7.36. The average molecular weight is 495 g/mol. The number of carbonyl (C=O) groups excluding carboxylic acids is 1. The maximum absolute atomic E-state index is 13.6. The highest BCUT2D eigenvalue weighted by atomic mass is 16.5. The number of ether oxygens (including phenoxy) is 1. The van der Waals surface area contributed by atoms with E-state index in [-0.39, 0.29) is 17.4 Å². The molecule has 1 aliphatic rings. The lowest BCUT2D eigenvalue weighted by Crippen LogP contribution is -2.37. The van der Waals surface area contributed by atoms with Crippen molar-refractivity contribution >= 4 is 16.8 Å². The Hall–Kier alpha value is -3.53. The number of benzene rings is 3. The molecule has 0 bridgehead atoms. The van der Waals surface area contributed by atoms with E-state index < -0.39 is 0 Å². The third-order valence-corrected chi connectivity index (χ3v) is 7.48. The quantitative estimate of drug-likeness (QED) is 0.287. The Morgan fingerprint density at radius 1 is 0.892 bits per heavy atom. The fourth-order valence-electron chi connectivity index (χ4n) is 5.28. The number of nitrogens with one attached hydrogen (secondary N) is 1. The monoisotopic (exact) mass is 494 g/mol. The predicted molar refractivity (Wildman–Crippen MR) is 151 cm³/mol.